The minimum atomic E-state index is -0.396. The molecule has 132 valence electrons. The van der Waals surface area contributed by atoms with E-state index in [1.54, 1.807) is 0 Å². The van der Waals surface area contributed by atoms with E-state index in [9.17, 15) is 4.79 Å². The van der Waals surface area contributed by atoms with Crippen LogP contribution in [-0.4, -0.2) is 66.3 Å². The van der Waals surface area contributed by atoms with Gasteiger partial charge in [0.1, 0.15) is 5.60 Å². The van der Waals surface area contributed by atoms with Crippen molar-refractivity contribution < 1.29 is 9.53 Å². The lowest BCUT2D eigenvalue weighted by atomic mass is 10.0. The Hall–Kier alpha value is -0.810. The first-order chi connectivity index (χ1) is 10.9. The minimum Gasteiger partial charge on any atom is -0.444 e. The van der Waals surface area contributed by atoms with Gasteiger partial charge in [0, 0.05) is 38.3 Å². The van der Waals surface area contributed by atoms with Crippen LogP contribution in [0.25, 0.3) is 0 Å². The molecule has 3 rings (SSSR count). The molecule has 3 aliphatic rings. The summed E-state index contributed by atoms with van der Waals surface area (Å²) >= 11 is 0. The molecule has 1 N–H and O–H groups in total. The van der Waals surface area contributed by atoms with Crippen LogP contribution in [0.1, 0.15) is 52.9 Å². The Morgan fingerprint density at radius 2 is 1.91 bits per heavy atom. The molecule has 1 saturated carbocycles. The van der Waals surface area contributed by atoms with Gasteiger partial charge in [0.15, 0.2) is 0 Å². The summed E-state index contributed by atoms with van der Waals surface area (Å²) in [5.41, 5.74) is -0.396. The largest absolute Gasteiger partial charge is 0.444 e. The average Bonchev–Trinajstić information content (AvgIpc) is 3.01. The Morgan fingerprint density at radius 1 is 1.13 bits per heavy atom. The zero-order valence-corrected chi connectivity index (χ0v) is 15.0. The molecular weight excluding hydrogens is 290 g/mol. The maximum atomic E-state index is 12.1. The van der Waals surface area contributed by atoms with Crippen molar-refractivity contribution in [3.63, 3.8) is 0 Å². The number of rotatable bonds is 5. The molecule has 23 heavy (non-hydrogen) atoms. The van der Waals surface area contributed by atoms with Crippen molar-refractivity contribution in [2.45, 2.75) is 70.6 Å². The molecule has 5 nitrogen and oxygen atoms in total. The van der Waals surface area contributed by atoms with Crippen molar-refractivity contribution in [2.75, 3.05) is 32.7 Å². The van der Waals surface area contributed by atoms with Crippen molar-refractivity contribution in [1.82, 2.24) is 15.1 Å². The normalized spacial score (nSPS) is 29.3. The van der Waals surface area contributed by atoms with Crippen LogP contribution in [0.2, 0.25) is 0 Å². The Kier molecular flexibility index (Phi) is 5.16. The van der Waals surface area contributed by atoms with Crippen molar-refractivity contribution in [3.8, 4) is 0 Å². The average molecular weight is 323 g/mol. The highest BCUT2D eigenvalue weighted by Crippen LogP contribution is 2.30. The first-order valence-electron chi connectivity index (χ1n) is 9.36. The lowest BCUT2D eigenvalue weighted by Gasteiger charge is -2.24. The first kappa shape index (κ1) is 17.0. The van der Waals surface area contributed by atoms with Crippen molar-refractivity contribution in [3.05, 3.63) is 0 Å². The van der Waals surface area contributed by atoms with Crippen LogP contribution in [0, 0.1) is 5.92 Å². The van der Waals surface area contributed by atoms with E-state index in [4.69, 9.17) is 4.74 Å². The van der Waals surface area contributed by atoms with Gasteiger partial charge in [0.2, 0.25) is 0 Å². The third-order valence-corrected chi connectivity index (χ3v) is 5.21. The van der Waals surface area contributed by atoms with Crippen LogP contribution < -0.4 is 5.32 Å². The minimum absolute atomic E-state index is 0.149. The lowest BCUT2D eigenvalue weighted by molar-refractivity contribution is 0.0287. The molecule has 2 heterocycles. The van der Waals surface area contributed by atoms with Crippen molar-refractivity contribution in [2.24, 2.45) is 5.92 Å². The fraction of sp³-hybridized carbons (Fsp3) is 0.944. The number of hydrogen-bond acceptors (Lipinski definition) is 4. The summed E-state index contributed by atoms with van der Waals surface area (Å²) in [4.78, 5) is 16.6. The predicted molar refractivity (Wildman–Crippen MR) is 91.5 cm³/mol. The second kappa shape index (κ2) is 6.98. The highest BCUT2D eigenvalue weighted by molar-refractivity contribution is 5.68. The number of hydrogen-bond donors (Lipinski definition) is 1. The van der Waals surface area contributed by atoms with Gasteiger partial charge in [-0.2, -0.15) is 0 Å². The standard InChI is InChI=1S/C18H33N3O2/c1-18(2,3)23-17(22)21-10-7-14(12-21)6-9-19-15-8-11-20(13-15)16-4-5-16/h14-16,19H,4-13H2,1-3H3. The second-order valence-electron chi connectivity index (χ2n) is 8.54. The molecule has 2 aliphatic heterocycles. The third kappa shape index (κ3) is 5.08. The molecule has 3 fully saturated rings. The van der Waals surface area contributed by atoms with Gasteiger partial charge in [-0.1, -0.05) is 0 Å². The van der Waals surface area contributed by atoms with Gasteiger partial charge in [0.05, 0.1) is 0 Å². The molecule has 2 saturated heterocycles. The number of nitrogens with zero attached hydrogens (tertiary/aromatic N) is 2. The van der Waals surface area contributed by atoms with Crippen LogP contribution in [0.3, 0.4) is 0 Å². The summed E-state index contributed by atoms with van der Waals surface area (Å²) < 4.78 is 5.46. The number of likely N-dealkylation sites (tertiary alicyclic amines) is 2. The van der Waals surface area contributed by atoms with Gasteiger partial charge in [-0.3, -0.25) is 4.90 Å². The molecule has 2 unspecified atom stereocenters. The number of ether oxygens (including phenoxy) is 1. The summed E-state index contributed by atoms with van der Waals surface area (Å²) in [6, 6.07) is 1.58. The number of carbonyl (C=O) groups is 1. The number of carbonyl (C=O) groups excluding carboxylic acids is 1. The highest BCUT2D eigenvalue weighted by Gasteiger charge is 2.34. The molecule has 2 atom stereocenters. The summed E-state index contributed by atoms with van der Waals surface area (Å²) in [6.45, 7) is 11.1. The van der Waals surface area contributed by atoms with Gasteiger partial charge in [0.25, 0.3) is 0 Å². The van der Waals surface area contributed by atoms with Gasteiger partial charge in [-0.05, 0) is 65.3 Å². The molecule has 0 spiro atoms. The maximum Gasteiger partial charge on any atom is 0.410 e. The molecule has 5 heteroatoms. The molecular formula is C18H33N3O2. The molecule has 0 radical (unpaired) electrons. The van der Waals surface area contributed by atoms with Crippen LogP contribution in [0.5, 0.6) is 0 Å². The monoisotopic (exact) mass is 323 g/mol. The van der Waals surface area contributed by atoms with Crippen LogP contribution in [-0.2, 0) is 4.74 Å². The molecule has 1 amide bonds. The molecule has 0 aromatic carbocycles. The van der Waals surface area contributed by atoms with Crippen LogP contribution in [0.4, 0.5) is 4.79 Å². The van der Waals surface area contributed by atoms with E-state index in [2.05, 4.69) is 10.2 Å². The zero-order valence-electron chi connectivity index (χ0n) is 15.0. The molecule has 0 aromatic rings. The van der Waals surface area contributed by atoms with E-state index < -0.39 is 5.60 Å². The Labute approximate surface area is 140 Å². The first-order valence-corrected chi connectivity index (χ1v) is 9.36. The Balaban J connectivity index is 1.30. The zero-order chi connectivity index (χ0) is 16.4. The highest BCUT2D eigenvalue weighted by atomic mass is 16.6. The third-order valence-electron chi connectivity index (χ3n) is 5.21. The van der Waals surface area contributed by atoms with E-state index in [0.29, 0.717) is 12.0 Å². The van der Waals surface area contributed by atoms with Crippen LogP contribution >= 0.6 is 0 Å². The van der Waals surface area contributed by atoms with E-state index >= 15 is 0 Å². The summed E-state index contributed by atoms with van der Waals surface area (Å²) in [5.74, 6) is 0.621. The van der Waals surface area contributed by atoms with Crippen molar-refractivity contribution in [1.29, 1.82) is 0 Å². The van der Waals surface area contributed by atoms with Crippen LogP contribution in [0.15, 0.2) is 0 Å². The van der Waals surface area contributed by atoms with E-state index in [-0.39, 0.29) is 6.09 Å². The van der Waals surface area contributed by atoms with Gasteiger partial charge in [-0.15, -0.1) is 0 Å². The van der Waals surface area contributed by atoms with Crippen molar-refractivity contribution >= 4 is 6.09 Å². The number of amides is 1. The quantitative estimate of drug-likeness (QED) is 0.844. The van der Waals surface area contributed by atoms with E-state index in [1.165, 1.54) is 38.8 Å². The number of nitrogens with one attached hydrogen (secondary N) is 1. The predicted octanol–water partition coefficient (Wildman–Crippen LogP) is 2.46. The smallest absolute Gasteiger partial charge is 0.410 e. The maximum absolute atomic E-state index is 12.1. The van der Waals surface area contributed by atoms with E-state index in [0.717, 1.165) is 32.1 Å². The molecule has 0 aromatic heterocycles. The fourth-order valence-corrected chi connectivity index (χ4v) is 3.78. The fourth-order valence-electron chi connectivity index (χ4n) is 3.78. The molecule has 1 aliphatic carbocycles. The Morgan fingerprint density at radius 3 is 2.61 bits per heavy atom. The van der Waals surface area contributed by atoms with Gasteiger partial charge >= 0.3 is 6.09 Å². The van der Waals surface area contributed by atoms with E-state index in [1.807, 2.05) is 25.7 Å². The summed E-state index contributed by atoms with van der Waals surface area (Å²) in [6.07, 6.45) is 6.25. The van der Waals surface area contributed by atoms with Gasteiger partial charge < -0.3 is 15.0 Å². The molecule has 0 bridgehead atoms. The summed E-state index contributed by atoms with van der Waals surface area (Å²) in [7, 11) is 0. The SMILES string of the molecule is CC(C)(C)OC(=O)N1CCC(CCNC2CCN(C3CC3)C2)C1. The second-order valence-corrected chi connectivity index (χ2v) is 8.54. The summed E-state index contributed by atoms with van der Waals surface area (Å²) in [5, 5.41) is 3.73. The lowest BCUT2D eigenvalue weighted by Crippen LogP contribution is -2.36. The Bertz CT molecular complexity index is 417. The topological polar surface area (TPSA) is 44.8 Å². The van der Waals surface area contributed by atoms with Gasteiger partial charge in [-0.25, -0.2) is 4.79 Å².